The Labute approximate surface area is 182 Å². The highest BCUT2D eigenvalue weighted by Gasteiger charge is 2.31. The first-order valence-corrected chi connectivity index (χ1v) is 10.7. The average Bonchev–Trinajstić information content (AvgIpc) is 3.43. The minimum absolute atomic E-state index is 0.0232. The molecule has 2 saturated heterocycles. The monoisotopic (exact) mass is 423 g/mol. The SMILES string of the molecule is COc1ccc(-c2cc([C@@H]3CCN(C(=O)CN4CCCC4=O)C3)nc(N(C)C)n2)cc1. The van der Waals surface area contributed by atoms with Gasteiger partial charge in [-0.05, 0) is 43.2 Å². The lowest BCUT2D eigenvalue weighted by Crippen LogP contribution is -2.39. The maximum atomic E-state index is 12.7. The summed E-state index contributed by atoms with van der Waals surface area (Å²) in [5, 5.41) is 0. The van der Waals surface area contributed by atoms with Crippen LogP contribution in [0.15, 0.2) is 30.3 Å². The van der Waals surface area contributed by atoms with Gasteiger partial charge in [0.2, 0.25) is 17.8 Å². The van der Waals surface area contributed by atoms with Gasteiger partial charge in [-0.2, -0.15) is 0 Å². The fraction of sp³-hybridized carbons (Fsp3) is 0.478. The number of amides is 2. The van der Waals surface area contributed by atoms with Crippen molar-refractivity contribution in [2.45, 2.75) is 25.2 Å². The Morgan fingerprint density at radius 1 is 1.19 bits per heavy atom. The molecule has 0 N–H and O–H groups in total. The smallest absolute Gasteiger partial charge is 0.242 e. The molecule has 164 valence electrons. The second-order valence-electron chi connectivity index (χ2n) is 8.35. The Balaban J connectivity index is 1.52. The highest BCUT2D eigenvalue weighted by atomic mass is 16.5. The number of aromatic nitrogens is 2. The predicted octanol–water partition coefficient (Wildman–Crippen LogP) is 2.16. The topological polar surface area (TPSA) is 78.9 Å². The van der Waals surface area contributed by atoms with E-state index in [1.807, 2.05) is 54.2 Å². The van der Waals surface area contributed by atoms with Crippen LogP contribution >= 0.6 is 0 Å². The van der Waals surface area contributed by atoms with E-state index in [0.29, 0.717) is 32.0 Å². The highest BCUT2D eigenvalue weighted by Crippen LogP contribution is 2.30. The molecule has 3 heterocycles. The van der Waals surface area contributed by atoms with E-state index in [1.54, 1.807) is 12.0 Å². The molecule has 1 aromatic carbocycles. The highest BCUT2D eigenvalue weighted by molar-refractivity contribution is 5.86. The van der Waals surface area contributed by atoms with Crippen LogP contribution in [0.1, 0.15) is 30.9 Å². The number of hydrogen-bond acceptors (Lipinski definition) is 6. The first-order valence-electron chi connectivity index (χ1n) is 10.7. The summed E-state index contributed by atoms with van der Waals surface area (Å²) in [6.45, 7) is 2.18. The number of carbonyl (C=O) groups excluding carboxylic acids is 2. The number of nitrogens with zero attached hydrogens (tertiary/aromatic N) is 5. The second kappa shape index (κ2) is 8.91. The zero-order valence-electron chi connectivity index (χ0n) is 18.4. The van der Waals surface area contributed by atoms with Crippen LogP contribution in [0.25, 0.3) is 11.3 Å². The number of rotatable bonds is 6. The molecule has 2 aliphatic heterocycles. The maximum absolute atomic E-state index is 12.7. The van der Waals surface area contributed by atoms with Crippen LogP contribution in [0, 0.1) is 0 Å². The van der Waals surface area contributed by atoms with Gasteiger partial charge in [0.25, 0.3) is 0 Å². The van der Waals surface area contributed by atoms with Gasteiger partial charge in [0, 0.05) is 51.6 Å². The van der Waals surface area contributed by atoms with E-state index < -0.39 is 0 Å². The van der Waals surface area contributed by atoms with Crippen molar-refractivity contribution < 1.29 is 14.3 Å². The fourth-order valence-electron chi connectivity index (χ4n) is 4.13. The number of benzene rings is 1. The van der Waals surface area contributed by atoms with E-state index in [9.17, 15) is 9.59 Å². The molecule has 8 heteroatoms. The quantitative estimate of drug-likeness (QED) is 0.709. The molecule has 1 aromatic heterocycles. The van der Waals surface area contributed by atoms with E-state index >= 15 is 0 Å². The van der Waals surface area contributed by atoms with Crippen molar-refractivity contribution in [3.05, 3.63) is 36.0 Å². The van der Waals surface area contributed by atoms with Crippen LogP contribution in [-0.4, -0.2) is 79.0 Å². The number of carbonyl (C=O) groups is 2. The van der Waals surface area contributed by atoms with Crippen LogP contribution < -0.4 is 9.64 Å². The lowest BCUT2D eigenvalue weighted by atomic mass is 10.0. The molecular formula is C23H29N5O3. The largest absolute Gasteiger partial charge is 0.497 e. The predicted molar refractivity (Wildman–Crippen MR) is 118 cm³/mol. The molecule has 2 aromatic rings. The Bertz CT molecular complexity index is 960. The number of hydrogen-bond donors (Lipinski definition) is 0. The average molecular weight is 424 g/mol. The summed E-state index contributed by atoms with van der Waals surface area (Å²) in [5.74, 6) is 1.70. The van der Waals surface area contributed by atoms with Crippen molar-refractivity contribution in [3.8, 4) is 17.0 Å². The fourth-order valence-corrected chi connectivity index (χ4v) is 4.13. The summed E-state index contributed by atoms with van der Waals surface area (Å²) in [4.78, 5) is 39.5. The molecular weight excluding hydrogens is 394 g/mol. The Hall–Kier alpha value is -3.16. The van der Waals surface area contributed by atoms with E-state index in [2.05, 4.69) is 0 Å². The van der Waals surface area contributed by atoms with Crippen LogP contribution in [0.3, 0.4) is 0 Å². The van der Waals surface area contributed by atoms with Gasteiger partial charge >= 0.3 is 0 Å². The molecule has 0 unspecified atom stereocenters. The van der Waals surface area contributed by atoms with Crippen molar-refractivity contribution in [2.75, 3.05) is 52.3 Å². The van der Waals surface area contributed by atoms with Crippen LogP contribution in [0.4, 0.5) is 5.95 Å². The molecule has 2 fully saturated rings. The third-order valence-corrected chi connectivity index (χ3v) is 5.98. The third-order valence-electron chi connectivity index (χ3n) is 5.98. The van der Waals surface area contributed by atoms with Crippen molar-refractivity contribution in [1.82, 2.24) is 19.8 Å². The van der Waals surface area contributed by atoms with Crippen molar-refractivity contribution in [2.24, 2.45) is 0 Å². The minimum atomic E-state index is 0.0232. The van der Waals surface area contributed by atoms with Gasteiger partial charge in [0.1, 0.15) is 5.75 Å². The van der Waals surface area contributed by atoms with E-state index in [-0.39, 0.29) is 24.3 Å². The minimum Gasteiger partial charge on any atom is -0.497 e. The Morgan fingerprint density at radius 3 is 2.61 bits per heavy atom. The number of likely N-dealkylation sites (tertiary alicyclic amines) is 2. The molecule has 0 bridgehead atoms. The molecule has 1 atom stereocenters. The van der Waals surface area contributed by atoms with Gasteiger partial charge in [-0.1, -0.05) is 0 Å². The van der Waals surface area contributed by atoms with Gasteiger partial charge in [-0.3, -0.25) is 9.59 Å². The molecule has 0 saturated carbocycles. The molecule has 4 rings (SSSR count). The number of anilines is 1. The van der Waals surface area contributed by atoms with Crippen molar-refractivity contribution >= 4 is 17.8 Å². The molecule has 0 aliphatic carbocycles. The summed E-state index contributed by atoms with van der Waals surface area (Å²) in [6.07, 6.45) is 2.25. The maximum Gasteiger partial charge on any atom is 0.242 e. The van der Waals surface area contributed by atoms with E-state index in [4.69, 9.17) is 14.7 Å². The second-order valence-corrected chi connectivity index (χ2v) is 8.35. The Kier molecular flexibility index (Phi) is 6.06. The zero-order chi connectivity index (χ0) is 22.0. The first kappa shape index (κ1) is 21.1. The van der Waals surface area contributed by atoms with Gasteiger partial charge in [0.05, 0.1) is 25.0 Å². The van der Waals surface area contributed by atoms with Crippen LogP contribution in [-0.2, 0) is 9.59 Å². The first-order chi connectivity index (χ1) is 14.9. The van der Waals surface area contributed by atoms with Gasteiger partial charge < -0.3 is 19.4 Å². The standard InChI is InChI=1S/C23H29N5O3/c1-26(2)23-24-19(16-6-8-18(31-3)9-7-16)13-20(25-23)17-10-12-28(14-17)22(30)15-27-11-4-5-21(27)29/h6-9,13,17H,4-5,10-12,14-15H2,1-3H3/t17-/m1/s1. The molecule has 8 nitrogen and oxygen atoms in total. The third kappa shape index (κ3) is 4.62. The van der Waals surface area contributed by atoms with E-state index in [0.717, 1.165) is 35.5 Å². The Morgan fingerprint density at radius 2 is 1.97 bits per heavy atom. The summed E-state index contributed by atoms with van der Waals surface area (Å²) >= 11 is 0. The van der Waals surface area contributed by atoms with E-state index in [1.165, 1.54) is 0 Å². The molecule has 31 heavy (non-hydrogen) atoms. The molecule has 0 radical (unpaired) electrons. The van der Waals surface area contributed by atoms with Gasteiger partial charge in [-0.15, -0.1) is 0 Å². The summed E-state index contributed by atoms with van der Waals surface area (Å²) in [7, 11) is 5.50. The molecule has 0 spiro atoms. The van der Waals surface area contributed by atoms with Gasteiger partial charge in [-0.25, -0.2) is 9.97 Å². The summed E-state index contributed by atoms with van der Waals surface area (Å²) in [6, 6.07) is 9.84. The number of methoxy groups -OCH3 is 1. The summed E-state index contributed by atoms with van der Waals surface area (Å²) < 4.78 is 5.26. The zero-order valence-corrected chi connectivity index (χ0v) is 18.4. The van der Waals surface area contributed by atoms with Crippen LogP contribution in [0.2, 0.25) is 0 Å². The van der Waals surface area contributed by atoms with Crippen molar-refractivity contribution in [1.29, 1.82) is 0 Å². The summed E-state index contributed by atoms with van der Waals surface area (Å²) in [5.41, 5.74) is 2.78. The molecule has 2 amide bonds. The normalized spacial score (nSPS) is 18.5. The number of ether oxygens (including phenoxy) is 1. The van der Waals surface area contributed by atoms with Gasteiger partial charge in [0.15, 0.2) is 0 Å². The lowest BCUT2D eigenvalue weighted by molar-refractivity contribution is -0.137. The van der Waals surface area contributed by atoms with Crippen molar-refractivity contribution in [3.63, 3.8) is 0 Å². The molecule has 2 aliphatic rings. The lowest BCUT2D eigenvalue weighted by Gasteiger charge is -2.21. The van der Waals surface area contributed by atoms with Crippen LogP contribution in [0.5, 0.6) is 5.75 Å².